The van der Waals surface area contributed by atoms with Crippen molar-refractivity contribution < 1.29 is 0 Å². The number of hydrogen-bond acceptors (Lipinski definition) is 4. The van der Waals surface area contributed by atoms with Gasteiger partial charge >= 0.3 is 0 Å². The van der Waals surface area contributed by atoms with Gasteiger partial charge in [0.1, 0.15) is 5.82 Å². The van der Waals surface area contributed by atoms with Crippen molar-refractivity contribution in [2.45, 2.75) is 0 Å². The lowest BCUT2D eigenvalue weighted by Gasteiger charge is -2.32. The zero-order valence-electron chi connectivity index (χ0n) is 7.39. The van der Waals surface area contributed by atoms with Crippen molar-refractivity contribution in [1.82, 2.24) is 15.5 Å². The van der Waals surface area contributed by atoms with Gasteiger partial charge < -0.3 is 15.5 Å². The van der Waals surface area contributed by atoms with E-state index in [2.05, 4.69) is 20.5 Å². The first-order chi connectivity index (χ1) is 6.38. The molecule has 0 bridgehead atoms. The van der Waals surface area contributed by atoms with Crippen LogP contribution in [-0.4, -0.2) is 43.8 Å². The van der Waals surface area contributed by atoms with Crippen LogP contribution in [0.1, 0.15) is 0 Å². The van der Waals surface area contributed by atoms with E-state index in [1.54, 1.807) is 6.21 Å². The summed E-state index contributed by atoms with van der Waals surface area (Å²) in [4.78, 5) is 6.31. The lowest BCUT2D eigenvalue weighted by Crippen LogP contribution is -2.46. The van der Waals surface area contributed by atoms with Crippen molar-refractivity contribution in [3.8, 4) is 0 Å². The Hall–Kier alpha value is -0.740. The highest BCUT2D eigenvalue weighted by molar-refractivity contribution is 6.30. The van der Waals surface area contributed by atoms with Crippen LogP contribution in [0.15, 0.2) is 16.0 Å². The molecule has 0 unspecified atom stereocenters. The van der Waals surface area contributed by atoms with Crippen LogP contribution >= 0.6 is 11.6 Å². The molecular weight excluding hydrogens is 188 g/mol. The van der Waals surface area contributed by atoms with Crippen LogP contribution in [0, 0.1) is 0 Å². The number of piperazine rings is 1. The van der Waals surface area contributed by atoms with Gasteiger partial charge in [0.05, 0.1) is 6.54 Å². The molecule has 0 aromatic carbocycles. The Kier molecular flexibility index (Phi) is 2.71. The smallest absolute Gasteiger partial charge is 0.169 e. The first kappa shape index (κ1) is 8.84. The molecule has 2 aliphatic heterocycles. The molecule has 72 valence electrons. The highest BCUT2D eigenvalue weighted by Crippen LogP contribution is 2.15. The van der Waals surface area contributed by atoms with Gasteiger partial charge in [0, 0.05) is 32.4 Å². The maximum absolute atomic E-state index is 5.97. The fourth-order valence-electron chi connectivity index (χ4n) is 1.53. The summed E-state index contributed by atoms with van der Waals surface area (Å²) in [6, 6.07) is 0. The highest BCUT2D eigenvalue weighted by Gasteiger charge is 2.17. The Morgan fingerprint density at radius 2 is 2.15 bits per heavy atom. The zero-order chi connectivity index (χ0) is 9.10. The molecule has 0 spiro atoms. The average Bonchev–Trinajstić information content (AvgIpc) is 2.20. The highest BCUT2D eigenvalue weighted by atomic mass is 35.5. The van der Waals surface area contributed by atoms with E-state index in [1.807, 2.05) is 0 Å². The monoisotopic (exact) mass is 200 g/mol. The minimum atomic E-state index is 0.577. The lowest BCUT2D eigenvalue weighted by molar-refractivity contribution is 0.281. The standard InChI is InChI=1S/C8H13ClN4/c9-7-8(12-2-1-11-7)13-5-3-10-4-6-13/h1,10,12H,2-6H2. The van der Waals surface area contributed by atoms with Crippen LogP contribution in [0.5, 0.6) is 0 Å². The second-order valence-electron chi connectivity index (χ2n) is 3.07. The van der Waals surface area contributed by atoms with Gasteiger partial charge in [0.15, 0.2) is 5.16 Å². The third kappa shape index (κ3) is 1.95. The van der Waals surface area contributed by atoms with Crippen LogP contribution in [0.3, 0.4) is 0 Å². The molecule has 0 saturated carbocycles. The molecule has 0 amide bonds. The third-order valence-corrected chi connectivity index (χ3v) is 2.47. The predicted molar refractivity (Wildman–Crippen MR) is 53.8 cm³/mol. The number of rotatable bonds is 1. The van der Waals surface area contributed by atoms with Gasteiger partial charge in [-0.05, 0) is 0 Å². The van der Waals surface area contributed by atoms with Crippen molar-refractivity contribution in [1.29, 1.82) is 0 Å². The third-order valence-electron chi connectivity index (χ3n) is 2.19. The van der Waals surface area contributed by atoms with Gasteiger partial charge in [-0.25, -0.2) is 4.99 Å². The molecule has 1 saturated heterocycles. The molecule has 2 N–H and O–H groups in total. The van der Waals surface area contributed by atoms with Crippen LogP contribution in [0.2, 0.25) is 0 Å². The lowest BCUT2D eigenvalue weighted by atomic mass is 10.3. The fourth-order valence-corrected chi connectivity index (χ4v) is 1.79. The first-order valence-electron chi connectivity index (χ1n) is 4.50. The minimum Gasteiger partial charge on any atom is -0.364 e. The minimum absolute atomic E-state index is 0.577. The molecule has 0 aliphatic carbocycles. The van der Waals surface area contributed by atoms with E-state index in [9.17, 15) is 0 Å². The van der Waals surface area contributed by atoms with E-state index >= 15 is 0 Å². The molecule has 2 heterocycles. The van der Waals surface area contributed by atoms with Crippen molar-refractivity contribution in [3.63, 3.8) is 0 Å². The number of aliphatic imine (C=N–C) groups is 1. The predicted octanol–water partition coefficient (Wildman–Crippen LogP) is -0.0690. The second kappa shape index (κ2) is 3.98. The molecule has 5 heteroatoms. The average molecular weight is 201 g/mol. The molecule has 2 rings (SSSR count). The molecule has 13 heavy (non-hydrogen) atoms. The fraction of sp³-hybridized carbons (Fsp3) is 0.625. The van der Waals surface area contributed by atoms with E-state index in [1.165, 1.54) is 0 Å². The topological polar surface area (TPSA) is 39.7 Å². The summed E-state index contributed by atoms with van der Waals surface area (Å²) in [5.74, 6) is 0.977. The number of halogens is 1. The van der Waals surface area contributed by atoms with E-state index in [0.29, 0.717) is 5.16 Å². The van der Waals surface area contributed by atoms with E-state index in [-0.39, 0.29) is 0 Å². The van der Waals surface area contributed by atoms with Crippen LogP contribution in [0.25, 0.3) is 0 Å². The van der Waals surface area contributed by atoms with Crippen LogP contribution < -0.4 is 10.6 Å². The molecule has 0 aromatic rings. The SMILES string of the molecule is ClC1=C(N2CCNCC2)NCC=N1. The van der Waals surface area contributed by atoms with Crippen molar-refractivity contribution in [2.24, 2.45) is 4.99 Å². The Morgan fingerprint density at radius 3 is 2.85 bits per heavy atom. The van der Waals surface area contributed by atoms with Gasteiger partial charge in [-0.15, -0.1) is 0 Å². The van der Waals surface area contributed by atoms with Gasteiger partial charge in [-0.2, -0.15) is 0 Å². The Morgan fingerprint density at radius 1 is 1.38 bits per heavy atom. The zero-order valence-corrected chi connectivity index (χ0v) is 8.14. The molecule has 1 fully saturated rings. The number of hydrogen-bond donors (Lipinski definition) is 2. The van der Waals surface area contributed by atoms with Gasteiger partial charge in [0.2, 0.25) is 0 Å². The van der Waals surface area contributed by atoms with E-state index in [4.69, 9.17) is 11.6 Å². The molecule has 0 atom stereocenters. The summed E-state index contributed by atoms with van der Waals surface area (Å²) in [5, 5.41) is 7.11. The number of nitrogens with one attached hydrogen (secondary N) is 2. The number of nitrogens with zero attached hydrogens (tertiary/aromatic N) is 2. The Balaban J connectivity index is 2.08. The van der Waals surface area contributed by atoms with Crippen LogP contribution in [-0.2, 0) is 0 Å². The summed E-state index contributed by atoms with van der Waals surface area (Å²) in [6.07, 6.45) is 1.79. The summed E-state index contributed by atoms with van der Waals surface area (Å²) in [7, 11) is 0. The van der Waals surface area contributed by atoms with Crippen molar-refractivity contribution >= 4 is 17.8 Å². The molecular formula is C8H13ClN4. The van der Waals surface area contributed by atoms with Gasteiger partial charge in [-0.3, -0.25) is 0 Å². The quantitative estimate of drug-likeness (QED) is 0.583. The van der Waals surface area contributed by atoms with Gasteiger partial charge in [0.25, 0.3) is 0 Å². The molecule has 4 nitrogen and oxygen atoms in total. The van der Waals surface area contributed by atoms with E-state index in [0.717, 1.165) is 38.5 Å². The van der Waals surface area contributed by atoms with Gasteiger partial charge in [-0.1, -0.05) is 11.6 Å². The summed E-state index contributed by atoms with van der Waals surface area (Å²) >= 11 is 5.97. The molecule has 0 radical (unpaired) electrons. The first-order valence-corrected chi connectivity index (χ1v) is 4.87. The Labute approximate surface area is 82.7 Å². The summed E-state index contributed by atoms with van der Waals surface area (Å²) in [6.45, 7) is 4.79. The maximum Gasteiger partial charge on any atom is 0.169 e. The van der Waals surface area contributed by atoms with Crippen LogP contribution in [0.4, 0.5) is 0 Å². The molecule has 2 aliphatic rings. The normalized spacial score (nSPS) is 23.3. The largest absolute Gasteiger partial charge is 0.364 e. The molecule has 0 aromatic heterocycles. The maximum atomic E-state index is 5.97. The summed E-state index contributed by atoms with van der Waals surface area (Å²) in [5.41, 5.74) is 0. The van der Waals surface area contributed by atoms with Crippen molar-refractivity contribution in [3.05, 3.63) is 11.0 Å². The van der Waals surface area contributed by atoms with Crippen molar-refractivity contribution in [2.75, 3.05) is 32.7 Å². The van der Waals surface area contributed by atoms with E-state index < -0.39 is 0 Å². The second-order valence-corrected chi connectivity index (χ2v) is 3.43. The summed E-state index contributed by atoms with van der Waals surface area (Å²) < 4.78 is 0. The Bertz CT molecular complexity index is 243.